The molecule has 0 bridgehead atoms. The van der Waals surface area contributed by atoms with E-state index in [0.717, 1.165) is 50.0 Å². The van der Waals surface area contributed by atoms with Crippen LogP contribution in [0.3, 0.4) is 0 Å². The summed E-state index contributed by atoms with van der Waals surface area (Å²) in [4.78, 5) is 0. The van der Waals surface area contributed by atoms with E-state index in [2.05, 4.69) is 39.1 Å². The minimum atomic E-state index is -0.530. The van der Waals surface area contributed by atoms with Crippen LogP contribution in [-0.2, 0) is 4.74 Å². The van der Waals surface area contributed by atoms with Crippen LogP contribution in [0, 0.1) is 46.3 Å². The van der Waals surface area contributed by atoms with Crippen molar-refractivity contribution in [3.8, 4) is 0 Å². The van der Waals surface area contributed by atoms with Gasteiger partial charge in [-0.3, -0.25) is 5.32 Å². The first-order valence-corrected chi connectivity index (χ1v) is 13.2. The second-order valence-electron chi connectivity index (χ2n) is 12.9. The molecule has 2 saturated heterocycles. The molecule has 31 heavy (non-hydrogen) atoms. The van der Waals surface area contributed by atoms with Gasteiger partial charge in [0.15, 0.2) is 0 Å². The van der Waals surface area contributed by atoms with Crippen LogP contribution >= 0.6 is 0 Å². The van der Waals surface area contributed by atoms with Crippen molar-refractivity contribution in [3.63, 3.8) is 0 Å². The van der Waals surface area contributed by atoms with Crippen molar-refractivity contribution < 1.29 is 14.9 Å². The monoisotopic (exact) mass is 429 g/mol. The van der Waals surface area contributed by atoms with Gasteiger partial charge in [0.05, 0.1) is 18.3 Å². The molecule has 2 aliphatic heterocycles. The quantitative estimate of drug-likeness (QED) is 0.504. The zero-order valence-electron chi connectivity index (χ0n) is 19.9. The van der Waals surface area contributed by atoms with Crippen molar-refractivity contribution in [2.24, 2.45) is 46.3 Å². The number of hydrogen-bond donors (Lipinski definition) is 3. The Morgan fingerprint density at radius 2 is 1.87 bits per heavy atom. The number of aliphatic hydroxyl groups is 2. The maximum absolute atomic E-state index is 11.1. The highest BCUT2D eigenvalue weighted by Gasteiger charge is 2.69. The smallest absolute Gasteiger partial charge is 0.148 e. The van der Waals surface area contributed by atoms with E-state index in [1.807, 2.05) is 0 Å². The predicted octanol–water partition coefficient (Wildman–Crippen LogP) is 4.26. The normalized spacial score (nSPS) is 60.7. The number of ether oxygens (including phenoxy) is 1. The molecular weight excluding hydrogens is 386 g/mol. The van der Waals surface area contributed by atoms with Crippen molar-refractivity contribution in [1.29, 1.82) is 0 Å². The van der Waals surface area contributed by atoms with E-state index in [0.29, 0.717) is 28.6 Å². The largest absolute Gasteiger partial charge is 0.393 e. The minimum absolute atomic E-state index is 0.127. The van der Waals surface area contributed by atoms with Gasteiger partial charge < -0.3 is 14.9 Å². The van der Waals surface area contributed by atoms with Crippen LogP contribution < -0.4 is 5.32 Å². The molecule has 3 N–H and O–H groups in total. The summed E-state index contributed by atoms with van der Waals surface area (Å²) in [5.74, 6) is 3.64. The van der Waals surface area contributed by atoms with Crippen LogP contribution in [0.1, 0.15) is 79.1 Å². The van der Waals surface area contributed by atoms with Crippen molar-refractivity contribution in [3.05, 3.63) is 11.6 Å². The zero-order valence-corrected chi connectivity index (χ0v) is 19.9. The summed E-state index contributed by atoms with van der Waals surface area (Å²) in [6.45, 7) is 10.6. The van der Waals surface area contributed by atoms with Crippen molar-refractivity contribution >= 4 is 0 Å². The first kappa shape index (κ1) is 21.1. The van der Waals surface area contributed by atoms with Gasteiger partial charge in [-0.2, -0.15) is 0 Å². The Hall–Kier alpha value is -0.420. The maximum atomic E-state index is 11.1. The summed E-state index contributed by atoms with van der Waals surface area (Å²) in [7, 11) is 0. The van der Waals surface area contributed by atoms with Gasteiger partial charge in [0.1, 0.15) is 5.72 Å². The van der Waals surface area contributed by atoms with Crippen molar-refractivity contribution in [2.75, 3.05) is 6.54 Å². The van der Waals surface area contributed by atoms with Crippen LogP contribution in [0.25, 0.3) is 0 Å². The van der Waals surface area contributed by atoms with E-state index in [-0.39, 0.29) is 12.2 Å². The molecule has 0 aromatic heterocycles. The van der Waals surface area contributed by atoms with E-state index >= 15 is 0 Å². The third-order valence-corrected chi connectivity index (χ3v) is 11.6. The Kier molecular flexibility index (Phi) is 4.64. The lowest BCUT2D eigenvalue weighted by Crippen LogP contribution is -2.64. The minimum Gasteiger partial charge on any atom is -0.393 e. The maximum Gasteiger partial charge on any atom is 0.148 e. The molecule has 4 nitrogen and oxygen atoms in total. The van der Waals surface area contributed by atoms with Gasteiger partial charge in [-0.15, -0.1) is 0 Å². The number of piperidine rings is 1. The van der Waals surface area contributed by atoms with Gasteiger partial charge in [-0.1, -0.05) is 39.3 Å². The molecule has 6 aliphatic rings. The Morgan fingerprint density at radius 1 is 1.06 bits per heavy atom. The molecule has 0 amide bonds. The fraction of sp³-hybridized carbons (Fsp3) is 0.926. The third-order valence-electron chi connectivity index (χ3n) is 11.6. The molecule has 6 rings (SSSR count). The summed E-state index contributed by atoms with van der Waals surface area (Å²) >= 11 is 0. The molecule has 2 heterocycles. The topological polar surface area (TPSA) is 61.7 Å². The van der Waals surface area contributed by atoms with E-state index in [1.54, 1.807) is 5.57 Å². The molecule has 4 heteroatoms. The van der Waals surface area contributed by atoms with Crippen LogP contribution in [0.4, 0.5) is 0 Å². The van der Waals surface area contributed by atoms with Gasteiger partial charge in [0.2, 0.25) is 0 Å². The summed E-state index contributed by atoms with van der Waals surface area (Å²) in [5.41, 5.74) is 1.64. The lowest BCUT2D eigenvalue weighted by atomic mass is 9.46. The summed E-state index contributed by atoms with van der Waals surface area (Å²) in [6, 6.07) is 0. The molecule has 0 unspecified atom stereocenters. The van der Waals surface area contributed by atoms with Gasteiger partial charge >= 0.3 is 0 Å². The molecule has 0 aromatic carbocycles. The molecule has 12 atom stereocenters. The van der Waals surface area contributed by atoms with Crippen LogP contribution in [0.5, 0.6) is 0 Å². The average Bonchev–Trinajstić information content (AvgIpc) is 3.17. The first-order valence-electron chi connectivity index (χ1n) is 13.2. The van der Waals surface area contributed by atoms with E-state index in [1.165, 1.54) is 25.7 Å². The third kappa shape index (κ3) is 2.68. The highest BCUT2D eigenvalue weighted by Crippen LogP contribution is 2.70. The molecule has 174 valence electrons. The van der Waals surface area contributed by atoms with Crippen LogP contribution in [0.2, 0.25) is 0 Å². The molecule has 5 fully saturated rings. The molecule has 0 aromatic rings. The summed E-state index contributed by atoms with van der Waals surface area (Å²) in [6.07, 6.45) is 11.1. The summed E-state index contributed by atoms with van der Waals surface area (Å²) < 4.78 is 6.86. The molecule has 1 spiro atoms. The van der Waals surface area contributed by atoms with Gasteiger partial charge in [0, 0.05) is 12.5 Å². The standard InChI is InChI=1S/C27H43NO3/c1-15-11-23(30)27(28-14-15)16(2)24-22(31-27)13-21-19-6-5-17-12-18(29)7-9-25(17,3)20(19)8-10-26(21,24)4/h5,15-16,18-24,28-30H,6-14H2,1-4H3/t15-,16+,18+,19-,20+,21+,22+,23+,24+,25+,26+,27-/m1/s1. The second-order valence-corrected chi connectivity index (χ2v) is 12.9. The first-order chi connectivity index (χ1) is 14.7. The molecule has 3 saturated carbocycles. The lowest BCUT2D eigenvalue weighted by molar-refractivity contribution is -0.177. The summed E-state index contributed by atoms with van der Waals surface area (Å²) in [5, 5.41) is 25.0. The number of hydrogen-bond acceptors (Lipinski definition) is 4. The number of aliphatic hydroxyl groups excluding tert-OH is 2. The fourth-order valence-corrected chi connectivity index (χ4v) is 9.98. The van der Waals surface area contributed by atoms with Crippen molar-refractivity contribution in [2.45, 2.75) is 103 Å². The lowest BCUT2D eigenvalue weighted by Gasteiger charge is -2.58. The van der Waals surface area contributed by atoms with Gasteiger partial charge in [0.25, 0.3) is 0 Å². The molecule has 0 radical (unpaired) electrons. The molecular formula is C27H43NO3. The fourth-order valence-electron chi connectivity index (χ4n) is 9.98. The number of fused-ring (bicyclic) bond motifs is 7. The van der Waals surface area contributed by atoms with Gasteiger partial charge in [-0.05, 0) is 91.8 Å². The highest BCUT2D eigenvalue weighted by molar-refractivity contribution is 5.26. The van der Waals surface area contributed by atoms with E-state index in [9.17, 15) is 10.2 Å². The van der Waals surface area contributed by atoms with Crippen molar-refractivity contribution in [1.82, 2.24) is 5.32 Å². The zero-order chi connectivity index (χ0) is 21.8. The Balaban J connectivity index is 1.29. The Morgan fingerprint density at radius 3 is 2.65 bits per heavy atom. The van der Waals surface area contributed by atoms with E-state index < -0.39 is 11.8 Å². The Labute approximate surface area is 188 Å². The molecule has 4 aliphatic carbocycles. The average molecular weight is 430 g/mol. The van der Waals surface area contributed by atoms with E-state index in [4.69, 9.17) is 4.74 Å². The SMILES string of the molecule is C[C@H]1CN[C@]2(O[C@H]3C[C@H]4[C@@H]5CC=C6C[C@@H](O)CC[C@]6(C)[C@H]5CC[C@]4(C)[C@H]3[C@@H]2C)[C@@H](O)C1. The van der Waals surface area contributed by atoms with Crippen LogP contribution in [0.15, 0.2) is 11.6 Å². The second kappa shape index (κ2) is 6.81. The van der Waals surface area contributed by atoms with Crippen LogP contribution in [-0.4, -0.2) is 40.8 Å². The number of nitrogens with one attached hydrogen (secondary N) is 1. The predicted molar refractivity (Wildman–Crippen MR) is 121 cm³/mol. The highest BCUT2D eigenvalue weighted by atomic mass is 16.5. The Bertz CT molecular complexity index is 782. The number of allylic oxidation sites excluding steroid dienone is 1. The van der Waals surface area contributed by atoms with Gasteiger partial charge in [-0.25, -0.2) is 0 Å². The number of rotatable bonds is 0.